The van der Waals surface area contributed by atoms with E-state index in [2.05, 4.69) is 15.0 Å². The van der Waals surface area contributed by atoms with E-state index in [0.29, 0.717) is 16.8 Å². The van der Waals surface area contributed by atoms with Crippen LogP contribution in [0.5, 0.6) is 5.75 Å². The van der Waals surface area contributed by atoms with Gasteiger partial charge in [0, 0.05) is 16.6 Å². The van der Waals surface area contributed by atoms with E-state index in [-0.39, 0.29) is 33.6 Å². The molecule has 3 heterocycles. The Morgan fingerprint density at radius 1 is 0.970 bits per heavy atom. The van der Waals surface area contributed by atoms with Crippen LogP contribution < -0.4 is 5.73 Å². The fraction of sp³-hybridized carbons (Fsp3) is 0.286. The van der Waals surface area contributed by atoms with Crippen LogP contribution in [0.2, 0.25) is 0 Å². The van der Waals surface area contributed by atoms with Crippen LogP contribution in [0.1, 0.15) is 28.3 Å². The maximum absolute atomic E-state index is 13.5. The number of nitrogens with zero attached hydrogens (tertiary/aromatic N) is 4. The molecule has 0 saturated carbocycles. The summed E-state index contributed by atoms with van der Waals surface area (Å²) in [5.74, 6) is -3.92. The van der Waals surface area contributed by atoms with Gasteiger partial charge in [0.25, 0.3) is 0 Å². The van der Waals surface area contributed by atoms with Crippen molar-refractivity contribution in [3.8, 4) is 11.4 Å². The first-order valence-electron chi connectivity index (χ1n) is 9.58. The fourth-order valence-electron chi connectivity index (χ4n) is 4.09. The molecule has 0 unspecified atom stereocenters. The highest BCUT2D eigenvalue weighted by Crippen LogP contribution is 2.48. The molecule has 3 aromatic heterocycles. The lowest BCUT2D eigenvalue weighted by Crippen LogP contribution is -2.34. The van der Waals surface area contributed by atoms with Gasteiger partial charge >= 0.3 is 12.4 Å². The Hall–Kier alpha value is -3.57. The van der Waals surface area contributed by atoms with Crippen LogP contribution in [0.25, 0.3) is 27.8 Å². The maximum atomic E-state index is 13.5. The zero-order valence-corrected chi connectivity index (χ0v) is 17.5. The smallest absolute Gasteiger partial charge is 0.404 e. The molecule has 12 heteroatoms. The molecule has 0 spiro atoms. The number of aromatic nitrogens is 4. The second-order valence-corrected chi connectivity index (χ2v) is 7.72. The van der Waals surface area contributed by atoms with Crippen molar-refractivity contribution in [3.05, 3.63) is 46.9 Å². The summed E-state index contributed by atoms with van der Waals surface area (Å²) in [5.41, 5.74) is 6.16. The molecular formula is C21H17F6N5O. The molecule has 0 aliphatic carbocycles. The SMILES string of the molecule is Cc1ccc(O)c(C)c1-n1c2nc(C)c(C(C(F)(F)F)C(F)(F)F)cc2c2c(N)ncnc21. The quantitative estimate of drug-likeness (QED) is 0.384. The van der Waals surface area contributed by atoms with Crippen LogP contribution in [-0.2, 0) is 0 Å². The Balaban J connectivity index is 2.19. The van der Waals surface area contributed by atoms with E-state index >= 15 is 0 Å². The van der Waals surface area contributed by atoms with Gasteiger partial charge in [-0.1, -0.05) is 6.07 Å². The van der Waals surface area contributed by atoms with E-state index in [1.807, 2.05) is 0 Å². The average Bonchev–Trinajstić information content (AvgIpc) is 2.98. The second-order valence-electron chi connectivity index (χ2n) is 7.72. The number of aromatic hydroxyl groups is 1. The van der Waals surface area contributed by atoms with Crippen molar-refractivity contribution in [3.63, 3.8) is 0 Å². The number of pyridine rings is 1. The summed E-state index contributed by atoms with van der Waals surface area (Å²) in [6.07, 6.45) is -10.0. The first-order chi connectivity index (χ1) is 15.2. The molecule has 0 amide bonds. The summed E-state index contributed by atoms with van der Waals surface area (Å²) >= 11 is 0. The zero-order chi connectivity index (χ0) is 24.5. The minimum absolute atomic E-state index is 0.0401. The first kappa shape index (κ1) is 22.6. The van der Waals surface area contributed by atoms with Crippen molar-refractivity contribution in [2.24, 2.45) is 0 Å². The third-order valence-corrected chi connectivity index (χ3v) is 5.58. The Morgan fingerprint density at radius 2 is 1.61 bits per heavy atom. The van der Waals surface area contributed by atoms with E-state index < -0.39 is 29.5 Å². The van der Waals surface area contributed by atoms with Crippen LogP contribution in [-0.4, -0.2) is 37.0 Å². The van der Waals surface area contributed by atoms with E-state index in [4.69, 9.17) is 5.73 Å². The third kappa shape index (κ3) is 3.49. The number of rotatable bonds is 2. The van der Waals surface area contributed by atoms with Crippen LogP contribution in [0.4, 0.5) is 32.2 Å². The molecule has 3 N–H and O–H groups in total. The van der Waals surface area contributed by atoms with Crippen molar-refractivity contribution >= 4 is 27.9 Å². The Labute approximate surface area is 182 Å². The molecule has 0 bridgehead atoms. The fourth-order valence-corrected chi connectivity index (χ4v) is 4.09. The topological polar surface area (TPSA) is 89.8 Å². The van der Waals surface area contributed by atoms with Crippen LogP contribution >= 0.6 is 0 Å². The molecular weight excluding hydrogens is 452 g/mol. The largest absolute Gasteiger partial charge is 0.508 e. The van der Waals surface area contributed by atoms with Crippen molar-refractivity contribution < 1.29 is 31.4 Å². The Kier molecular flexibility index (Phi) is 4.95. The zero-order valence-electron chi connectivity index (χ0n) is 17.5. The number of nitrogens with two attached hydrogens (primary N) is 1. The number of aryl methyl sites for hydroxylation is 2. The van der Waals surface area contributed by atoms with Gasteiger partial charge < -0.3 is 10.8 Å². The highest BCUT2D eigenvalue weighted by molar-refractivity contribution is 6.11. The number of fused-ring (bicyclic) bond motifs is 3. The number of alkyl halides is 6. The molecule has 6 nitrogen and oxygen atoms in total. The minimum Gasteiger partial charge on any atom is -0.508 e. The molecule has 4 aromatic rings. The van der Waals surface area contributed by atoms with E-state index in [9.17, 15) is 31.4 Å². The van der Waals surface area contributed by atoms with Crippen molar-refractivity contribution in [2.75, 3.05) is 5.73 Å². The summed E-state index contributed by atoms with van der Waals surface area (Å²) in [4.78, 5) is 12.2. The highest BCUT2D eigenvalue weighted by atomic mass is 19.4. The standard InChI is InChI=1S/C21H17F6N5O/c1-8-4-5-13(33)9(2)15(8)32-18-12(14-17(28)29-7-30-19(14)32)6-11(10(3)31-18)16(20(22,23)24)21(25,26)27/h4-7,16,33H,1-3H3,(H2,28,29,30). The Bertz CT molecular complexity index is 1390. The number of benzene rings is 1. The van der Waals surface area contributed by atoms with Gasteiger partial charge in [0.1, 0.15) is 23.5 Å². The molecule has 174 valence electrons. The number of hydrogen-bond acceptors (Lipinski definition) is 5. The normalized spacial score (nSPS) is 12.9. The molecule has 1 aromatic carbocycles. The number of phenolic OH excluding ortho intramolecular Hbond substituents is 1. The maximum Gasteiger partial charge on any atom is 0.404 e. The average molecular weight is 469 g/mol. The molecule has 0 fully saturated rings. The first-order valence-corrected chi connectivity index (χ1v) is 9.58. The van der Waals surface area contributed by atoms with Gasteiger partial charge in [-0.3, -0.25) is 4.57 Å². The lowest BCUT2D eigenvalue weighted by molar-refractivity contribution is -0.253. The van der Waals surface area contributed by atoms with Gasteiger partial charge in [-0.25, -0.2) is 15.0 Å². The summed E-state index contributed by atoms with van der Waals surface area (Å²) < 4.78 is 82.3. The molecule has 0 saturated heterocycles. The van der Waals surface area contributed by atoms with E-state index in [0.717, 1.165) is 19.3 Å². The lowest BCUT2D eigenvalue weighted by atomic mass is 9.95. The van der Waals surface area contributed by atoms with Crippen molar-refractivity contribution in [1.29, 1.82) is 0 Å². The predicted octanol–water partition coefficient (Wildman–Crippen LogP) is 5.39. The molecule has 0 aliphatic rings. The summed E-state index contributed by atoms with van der Waals surface area (Å²) in [7, 11) is 0. The predicted molar refractivity (Wildman–Crippen MR) is 109 cm³/mol. The summed E-state index contributed by atoms with van der Waals surface area (Å²) in [6, 6.07) is 3.89. The molecule has 4 rings (SSSR count). The number of hydrogen-bond donors (Lipinski definition) is 2. The summed E-state index contributed by atoms with van der Waals surface area (Å²) in [5, 5.41) is 10.2. The molecule has 33 heavy (non-hydrogen) atoms. The van der Waals surface area contributed by atoms with Gasteiger partial charge in [-0.15, -0.1) is 0 Å². The molecule has 0 radical (unpaired) electrons. The van der Waals surface area contributed by atoms with Crippen molar-refractivity contribution in [2.45, 2.75) is 39.0 Å². The molecule has 0 aliphatic heterocycles. The Morgan fingerprint density at radius 3 is 2.21 bits per heavy atom. The highest BCUT2D eigenvalue weighted by Gasteiger charge is 2.58. The monoisotopic (exact) mass is 469 g/mol. The van der Waals surface area contributed by atoms with E-state index in [1.165, 1.54) is 10.6 Å². The minimum atomic E-state index is -5.59. The second kappa shape index (κ2) is 7.22. The van der Waals surface area contributed by atoms with Crippen LogP contribution in [0, 0.1) is 20.8 Å². The van der Waals surface area contributed by atoms with E-state index in [1.54, 1.807) is 19.9 Å². The van der Waals surface area contributed by atoms with Gasteiger partial charge in [-0.05, 0) is 44.0 Å². The van der Waals surface area contributed by atoms with Gasteiger partial charge in [-0.2, -0.15) is 26.3 Å². The van der Waals surface area contributed by atoms with Gasteiger partial charge in [0.05, 0.1) is 11.1 Å². The van der Waals surface area contributed by atoms with Crippen molar-refractivity contribution in [1.82, 2.24) is 19.5 Å². The van der Waals surface area contributed by atoms with Gasteiger partial charge in [0.2, 0.25) is 0 Å². The third-order valence-electron chi connectivity index (χ3n) is 5.58. The summed E-state index contributed by atoms with van der Waals surface area (Å²) in [6.45, 7) is 4.43. The van der Waals surface area contributed by atoms with Crippen LogP contribution in [0.15, 0.2) is 24.5 Å². The number of nitrogen functional groups attached to an aromatic ring is 1. The molecule has 0 atom stereocenters. The number of phenols is 1. The van der Waals surface area contributed by atoms with Gasteiger partial charge in [0.15, 0.2) is 11.6 Å². The van der Waals surface area contributed by atoms with Crippen LogP contribution in [0.3, 0.4) is 0 Å². The number of halogens is 6. The number of anilines is 1. The lowest BCUT2D eigenvalue weighted by Gasteiger charge is -2.24.